The van der Waals surface area contributed by atoms with Crippen LogP contribution in [0.2, 0.25) is 0 Å². The van der Waals surface area contributed by atoms with Gasteiger partial charge in [-0.1, -0.05) is 12.1 Å². The van der Waals surface area contributed by atoms with Crippen molar-refractivity contribution in [2.45, 2.75) is 20.3 Å². The second kappa shape index (κ2) is 6.37. The molecule has 1 atom stereocenters. The molecule has 0 bridgehead atoms. The van der Waals surface area contributed by atoms with Crippen molar-refractivity contribution in [3.8, 4) is 0 Å². The first-order valence-electron chi connectivity index (χ1n) is 8.35. The van der Waals surface area contributed by atoms with E-state index in [4.69, 9.17) is 0 Å². The van der Waals surface area contributed by atoms with Crippen LogP contribution in [-0.2, 0) is 0 Å². The Balaban J connectivity index is 1.54. The van der Waals surface area contributed by atoms with Gasteiger partial charge in [-0.2, -0.15) is 0 Å². The van der Waals surface area contributed by atoms with Crippen LogP contribution >= 0.6 is 0 Å². The van der Waals surface area contributed by atoms with E-state index in [1.165, 1.54) is 69.0 Å². The molecule has 2 aliphatic heterocycles. The highest BCUT2D eigenvalue weighted by molar-refractivity contribution is 5.56. The molecule has 1 unspecified atom stereocenters. The number of hydrogen-bond acceptors (Lipinski definition) is 3. The zero-order valence-electron chi connectivity index (χ0n) is 13.8. The topological polar surface area (TPSA) is 9.72 Å². The molecule has 1 aromatic carbocycles. The fourth-order valence-corrected chi connectivity index (χ4v) is 3.79. The van der Waals surface area contributed by atoms with Crippen molar-refractivity contribution in [2.24, 2.45) is 5.92 Å². The van der Waals surface area contributed by atoms with E-state index >= 15 is 0 Å². The van der Waals surface area contributed by atoms with Gasteiger partial charge in [-0.3, -0.25) is 4.90 Å². The van der Waals surface area contributed by atoms with Crippen LogP contribution in [-0.4, -0.2) is 62.7 Å². The number of benzene rings is 1. The Kier molecular flexibility index (Phi) is 4.51. The average Bonchev–Trinajstić information content (AvgIpc) is 2.88. The smallest absolute Gasteiger partial charge is 0.0399 e. The van der Waals surface area contributed by atoms with E-state index in [0.29, 0.717) is 0 Å². The predicted octanol–water partition coefficient (Wildman–Crippen LogP) is 2.38. The summed E-state index contributed by atoms with van der Waals surface area (Å²) in [4.78, 5) is 7.71. The van der Waals surface area contributed by atoms with Gasteiger partial charge in [-0.15, -0.1) is 0 Å². The third kappa shape index (κ3) is 3.41. The number of rotatable bonds is 3. The third-order valence-electron chi connectivity index (χ3n) is 5.29. The van der Waals surface area contributed by atoms with Crippen molar-refractivity contribution in [2.75, 3.05) is 57.8 Å². The first-order chi connectivity index (χ1) is 10.1. The Morgan fingerprint density at radius 3 is 2.48 bits per heavy atom. The molecule has 0 radical (unpaired) electrons. The lowest BCUT2D eigenvalue weighted by molar-refractivity contribution is 0.219. The standard InChI is InChI=1S/C18H29N3/c1-15-5-4-6-18(16(15)2)21-11-9-20(10-12-21)14-17-7-8-19(3)13-17/h4-6,17H,7-14H2,1-3H3. The van der Waals surface area contributed by atoms with E-state index in [0.717, 1.165) is 5.92 Å². The van der Waals surface area contributed by atoms with Gasteiger partial charge in [-0.25, -0.2) is 0 Å². The zero-order chi connectivity index (χ0) is 14.8. The summed E-state index contributed by atoms with van der Waals surface area (Å²) >= 11 is 0. The van der Waals surface area contributed by atoms with Crippen molar-refractivity contribution in [3.63, 3.8) is 0 Å². The Morgan fingerprint density at radius 2 is 1.81 bits per heavy atom. The van der Waals surface area contributed by atoms with Crippen molar-refractivity contribution >= 4 is 5.69 Å². The van der Waals surface area contributed by atoms with Gasteiger partial charge in [0.1, 0.15) is 0 Å². The van der Waals surface area contributed by atoms with Crippen molar-refractivity contribution in [1.29, 1.82) is 0 Å². The molecule has 0 amide bonds. The molecule has 1 aromatic rings. The highest BCUT2D eigenvalue weighted by Gasteiger charge is 2.24. The minimum absolute atomic E-state index is 0.891. The molecule has 21 heavy (non-hydrogen) atoms. The third-order valence-corrected chi connectivity index (χ3v) is 5.29. The van der Waals surface area contributed by atoms with Crippen LogP contribution in [0, 0.1) is 19.8 Å². The number of likely N-dealkylation sites (tertiary alicyclic amines) is 1. The van der Waals surface area contributed by atoms with E-state index in [9.17, 15) is 0 Å². The largest absolute Gasteiger partial charge is 0.369 e. The average molecular weight is 287 g/mol. The van der Waals surface area contributed by atoms with Gasteiger partial charge in [0.05, 0.1) is 0 Å². The predicted molar refractivity (Wildman–Crippen MR) is 90.2 cm³/mol. The monoisotopic (exact) mass is 287 g/mol. The van der Waals surface area contributed by atoms with Crippen LogP contribution in [0.15, 0.2) is 18.2 Å². The lowest BCUT2D eigenvalue weighted by atomic mass is 10.1. The summed E-state index contributed by atoms with van der Waals surface area (Å²) in [5.74, 6) is 0.891. The second-order valence-electron chi connectivity index (χ2n) is 6.92. The number of hydrogen-bond donors (Lipinski definition) is 0. The van der Waals surface area contributed by atoms with Crippen molar-refractivity contribution in [3.05, 3.63) is 29.3 Å². The highest BCUT2D eigenvalue weighted by atomic mass is 15.3. The molecule has 3 nitrogen and oxygen atoms in total. The molecule has 2 aliphatic rings. The lowest BCUT2D eigenvalue weighted by Gasteiger charge is -2.38. The summed E-state index contributed by atoms with van der Waals surface area (Å²) in [6.45, 7) is 13.1. The lowest BCUT2D eigenvalue weighted by Crippen LogP contribution is -2.48. The molecular formula is C18H29N3. The molecule has 0 aromatic heterocycles. The SMILES string of the molecule is Cc1cccc(N2CCN(CC3CCN(C)C3)CC2)c1C. The van der Waals surface area contributed by atoms with Crippen molar-refractivity contribution < 1.29 is 0 Å². The van der Waals surface area contributed by atoms with Crippen LogP contribution in [0.3, 0.4) is 0 Å². The molecule has 0 aliphatic carbocycles. The molecule has 2 saturated heterocycles. The van der Waals surface area contributed by atoms with E-state index in [2.05, 4.69) is 53.8 Å². The van der Waals surface area contributed by atoms with E-state index < -0.39 is 0 Å². The summed E-state index contributed by atoms with van der Waals surface area (Å²) in [6.07, 6.45) is 1.38. The molecular weight excluding hydrogens is 258 g/mol. The second-order valence-corrected chi connectivity index (χ2v) is 6.92. The van der Waals surface area contributed by atoms with Crippen LogP contribution in [0.25, 0.3) is 0 Å². The Morgan fingerprint density at radius 1 is 1.05 bits per heavy atom. The Labute approximate surface area is 129 Å². The van der Waals surface area contributed by atoms with E-state index in [1.807, 2.05) is 0 Å². The number of anilines is 1. The fourth-order valence-electron chi connectivity index (χ4n) is 3.79. The normalized spacial score (nSPS) is 24.7. The van der Waals surface area contributed by atoms with Gasteiger partial charge in [0.2, 0.25) is 0 Å². The summed E-state index contributed by atoms with van der Waals surface area (Å²) in [6, 6.07) is 6.69. The zero-order valence-corrected chi connectivity index (χ0v) is 13.8. The van der Waals surface area contributed by atoms with Crippen molar-refractivity contribution in [1.82, 2.24) is 9.80 Å². The molecule has 2 fully saturated rings. The van der Waals surface area contributed by atoms with Crippen LogP contribution in [0.4, 0.5) is 5.69 Å². The van der Waals surface area contributed by atoms with Crippen LogP contribution in [0.5, 0.6) is 0 Å². The highest BCUT2D eigenvalue weighted by Crippen LogP contribution is 2.24. The van der Waals surface area contributed by atoms with E-state index in [-0.39, 0.29) is 0 Å². The molecule has 116 valence electrons. The van der Waals surface area contributed by atoms with Gasteiger partial charge >= 0.3 is 0 Å². The summed E-state index contributed by atoms with van der Waals surface area (Å²) in [7, 11) is 2.25. The molecule has 3 rings (SSSR count). The number of aryl methyl sites for hydroxylation is 1. The molecule has 3 heteroatoms. The maximum atomic E-state index is 2.67. The number of piperazine rings is 1. The van der Waals surface area contributed by atoms with Crippen LogP contribution < -0.4 is 4.90 Å². The molecule has 0 N–H and O–H groups in total. The maximum Gasteiger partial charge on any atom is 0.0399 e. The molecule has 0 spiro atoms. The van der Waals surface area contributed by atoms with E-state index in [1.54, 1.807) is 0 Å². The van der Waals surface area contributed by atoms with Gasteiger partial charge in [0.15, 0.2) is 0 Å². The van der Waals surface area contributed by atoms with Gasteiger partial charge < -0.3 is 9.80 Å². The van der Waals surface area contributed by atoms with Gasteiger partial charge in [0.25, 0.3) is 0 Å². The first-order valence-corrected chi connectivity index (χ1v) is 8.35. The summed E-state index contributed by atoms with van der Waals surface area (Å²) in [5.41, 5.74) is 4.29. The first kappa shape index (κ1) is 14.9. The number of nitrogens with zero attached hydrogens (tertiary/aromatic N) is 3. The minimum Gasteiger partial charge on any atom is -0.369 e. The Hall–Kier alpha value is -1.06. The minimum atomic E-state index is 0.891. The summed E-state index contributed by atoms with van der Waals surface area (Å²) in [5, 5.41) is 0. The van der Waals surface area contributed by atoms with Crippen LogP contribution in [0.1, 0.15) is 17.5 Å². The molecule has 0 saturated carbocycles. The maximum absolute atomic E-state index is 2.67. The summed E-state index contributed by atoms with van der Waals surface area (Å²) < 4.78 is 0. The fraction of sp³-hybridized carbons (Fsp3) is 0.667. The van der Waals surface area contributed by atoms with Gasteiger partial charge in [-0.05, 0) is 57.0 Å². The van der Waals surface area contributed by atoms with Gasteiger partial charge in [0, 0.05) is 45.0 Å². The molecule has 2 heterocycles. The quantitative estimate of drug-likeness (QED) is 0.845. The Bertz CT molecular complexity index is 477.